The van der Waals surface area contributed by atoms with Crippen LogP contribution in [-0.4, -0.2) is 32.7 Å². The predicted molar refractivity (Wildman–Crippen MR) is 127 cm³/mol. The summed E-state index contributed by atoms with van der Waals surface area (Å²) in [6, 6.07) is 2.29. The zero-order valence-corrected chi connectivity index (χ0v) is 19.9. The third-order valence-electron chi connectivity index (χ3n) is 5.69. The highest BCUT2D eigenvalue weighted by atomic mass is 32.2. The number of fused-ring (bicyclic) bond motifs is 2. The summed E-state index contributed by atoms with van der Waals surface area (Å²) < 4.78 is 1.64. The lowest BCUT2D eigenvalue weighted by Crippen LogP contribution is -2.40. The van der Waals surface area contributed by atoms with E-state index in [9.17, 15) is 9.59 Å². The Labute approximate surface area is 188 Å². The molecular weight excluding hydrogens is 434 g/mol. The predicted octanol–water partition coefficient (Wildman–Crippen LogP) is 4.95. The Hall–Kier alpha value is -1.90. The molecule has 5 nitrogen and oxygen atoms in total. The Morgan fingerprint density at radius 2 is 2.23 bits per heavy atom. The van der Waals surface area contributed by atoms with Gasteiger partial charge in [0.15, 0.2) is 5.16 Å². The molecule has 1 aliphatic rings. The first-order valence-electron chi connectivity index (χ1n) is 10.1. The van der Waals surface area contributed by atoms with Gasteiger partial charge in [0.05, 0.1) is 17.2 Å². The third-order valence-corrected chi connectivity index (χ3v) is 8.75. The van der Waals surface area contributed by atoms with E-state index < -0.39 is 0 Å². The molecule has 0 fully saturated rings. The van der Waals surface area contributed by atoms with E-state index in [2.05, 4.69) is 24.9 Å². The van der Waals surface area contributed by atoms with Gasteiger partial charge in [-0.1, -0.05) is 24.8 Å². The van der Waals surface area contributed by atoms with Crippen molar-refractivity contribution in [2.75, 3.05) is 12.3 Å². The van der Waals surface area contributed by atoms with Crippen molar-refractivity contribution in [3.63, 3.8) is 0 Å². The molecular formula is C22H25N3O2S3. The Morgan fingerprint density at radius 1 is 1.43 bits per heavy atom. The summed E-state index contributed by atoms with van der Waals surface area (Å²) in [5.74, 6) is 0.371. The first-order valence-corrected chi connectivity index (χ1v) is 12.7. The lowest BCUT2D eigenvalue weighted by Gasteiger charge is -2.35. The first-order chi connectivity index (χ1) is 14.5. The number of rotatable bonds is 6. The van der Waals surface area contributed by atoms with Crippen molar-refractivity contribution in [2.24, 2.45) is 0 Å². The summed E-state index contributed by atoms with van der Waals surface area (Å²) in [7, 11) is 0. The Morgan fingerprint density at radius 3 is 2.97 bits per heavy atom. The van der Waals surface area contributed by atoms with E-state index >= 15 is 0 Å². The van der Waals surface area contributed by atoms with E-state index in [1.165, 1.54) is 33.5 Å². The molecule has 0 aromatic carbocycles. The van der Waals surface area contributed by atoms with Crippen LogP contribution in [-0.2, 0) is 17.8 Å². The number of aryl methyl sites for hydroxylation is 2. The fourth-order valence-corrected chi connectivity index (χ4v) is 6.95. The van der Waals surface area contributed by atoms with Crippen LogP contribution < -0.4 is 5.56 Å². The number of thioether (sulfide) groups is 1. The van der Waals surface area contributed by atoms with Crippen molar-refractivity contribution in [3.8, 4) is 0 Å². The zero-order valence-electron chi connectivity index (χ0n) is 17.4. The van der Waals surface area contributed by atoms with Gasteiger partial charge < -0.3 is 4.90 Å². The number of hydrogen-bond acceptors (Lipinski definition) is 6. The molecule has 1 amide bonds. The van der Waals surface area contributed by atoms with Crippen molar-refractivity contribution in [1.82, 2.24) is 14.5 Å². The normalized spacial score (nSPS) is 16.1. The second-order valence-corrected chi connectivity index (χ2v) is 10.6. The molecule has 0 radical (unpaired) electrons. The van der Waals surface area contributed by atoms with Gasteiger partial charge in [-0.15, -0.1) is 29.3 Å². The van der Waals surface area contributed by atoms with Crippen molar-refractivity contribution < 1.29 is 4.79 Å². The molecule has 1 aliphatic heterocycles. The molecule has 0 bridgehead atoms. The van der Waals surface area contributed by atoms with Gasteiger partial charge in [-0.2, -0.15) is 0 Å². The molecule has 1 atom stereocenters. The van der Waals surface area contributed by atoms with Crippen molar-refractivity contribution in [2.45, 2.75) is 51.4 Å². The first kappa shape index (κ1) is 21.3. The molecule has 3 aromatic heterocycles. The topological polar surface area (TPSA) is 55.2 Å². The summed E-state index contributed by atoms with van der Waals surface area (Å²) in [6.07, 6.45) is 3.52. The van der Waals surface area contributed by atoms with Gasteiger partial charge in [0.1, 0.15) is 4.83 Å². The monoisotopic (exact) mass is 459 g/mol. The van der Waals surface area contributed by atoms with Crippen LogP contribution in [0.3, 0.4) is 0 Å². The van der Waals surface area contributed by atoms with Crippen LogP contribution in [0.1, 0.15) is 40.3 Å². The minimum Gasteiger partial charge on any atom is -0.335 e. The molecule has 0 saturated carbocycles. The Bertz CT molecular complexity index is 1170. The van der Waals surface area contributed by atoms with Crippen LogP contribution in [0.5, 0.6) is 0 Å². The molecule has 0 N–H and O–H groups in total. The van der Waals surface area contributed by atoms with Crippen LogP contribution in [0.15, 0.2) is 34.1 Å². The highest BCUT2D eigenvalue weighted by molar-refractivity contribution is 7.99. The number of carbonyl (C=O) groups excluding carboxylic acids is 1. The average molecular weight is 460 g/mol. The van der Waals surface area contributed by atoms with Gasteiger partial charge in [0.25, 0.3) is 5.56 Å². The number of thiophene rings is 2. The molecule has 4 rings (SSSR count). The summed E-state index contributed by atoms with van der Waals surface area (Å²) in [5, 5.41) is 3.39. The fourth-order valence-electron chi connectivity index (χ4n) is 4.05. The van der Waals surface area contributed by atoms with Gasteiger partial charge >= 0.3 is 0 Å². The number of nitrogens with zero attached hydrogens (tertiary/aromatic N) is 3. The quantitative estimate of drug-likeness (QED) is 0.297. The summed E-state index contributed by atoms with van der Waals surface area (Å²) in [4.78, 5) is 36.2. The van der Waals surface area contributed by atoms with Gasteiger partial charge in [0, 0.05) is 22.8 Å². The van der Waals surface area contributed by atoms with E-state index in [0.29, 0.717) is 17.1 Å². The van der Waals surface area contributed by atoms with E-state index in [-0.39, 0.29) is 23.3 Å². The summed E-state index contributed by atoms with van der Waals surface area (Å²) >= 11 is 4.67. The van der Waals surface area contributed by atoms with E-state index in [1.807, 2.05) is 18.7 Å². The van der Waals surface area contributed by atoms with Crippen LogP contribution in [0, 0.1) is 13.8 Å². The van der Waals surface area contributed by atoms with Crippen molar-refractivity contribution >= 4 is 50.6 Å². The van der Waals surface area contributed by atoms with Gasteiger partial charge in [-0.3, -0.25) is 14.2 Å². The van der Waals surface area contributed by atoms with Crippen LogP contribution in [0.4, 0.5) is 0 Å². The Kier molecular flexibility index (Phi) is 6.18. The van der Waals surface area contributed by atoms with Crippen molar-refractivity contribution in [3.05, 3.63) is 55.3 Å². The van der Waals surface area contributed by atoms with Gasteiger partial charge in [-0.25, -0.2) is 4.98 Å². The minimum absolute atomic E-state index is 0.0518. The van der Waals surface area contributed by atoms with Gasteiger partial charge in [0.2, 0.25) is 5.91 Å². The average Bonchev–Trinajstić information content (AvgIpc) is 3.32. The van der Waals surface area contributed by atoms with Crippen LogP contribution >= 0.6 is 34.4 Å². The third kappa shape index (κ3) is 3.65. The number of amides is 1. The SMILES string of the molecule is C=CCn1c(SCC(=O)N2CCc3sccc3C2CC)nc2sc(C)c(C)c2c1=O. The second-order valence-electron chi connectivity index (χ2n) is 7.41. The fraction of sp³-hybridized carbons (Fsp3) is 0.409. The standard InChI is InChI=1S/C22H25N3O2S3/c1-5-9-25-21(27)19-13(3)14(4)30-20(19)23-22(25)29-12-18(26)24-10-7-17-15(8-11-28-17)16(24)6-2/h5,8,11,16H,1,6-7,9-10,12H2,2-4H3. The minimum atomic E-state index is -0.0518. The molecule has 0 saturated heterocycles. The number of aromatic nitrogens is 2. The molecule has 3 aromatic rings. The van der Waals surface area contributed by atoms with E-state index in [0.717, 1.165) is 34.7 Å². The van der Waals surface area contributed by atoms with E-state index in [1.54, 1.807) is 22.0 Å². The molecule has 158 valence electrons. The lowest BCUT2D eigenvalue weighted by molar-refractivity contribution is -0.131. The maximum absolute atomic E-state index is 13.1. The molecule has 1 unspecified atom stereocenters. The number of hydrogen-bond donors (Lipinski definition) is 0. The summed E-state index contributed by atoms with van der Waals surface area (Å²) in [5.41, 5.74) is 2.23. The molecule has 0 aliphatic carbocycles. The van der Waals surface area contributed by atoms with Crippen LogP contribution in [0.2, 0.25) is 0 Å². The highest BCUT2D eigenvalue weighted by Crippen LogP contribution is 2.36. The summed E-state index contributed by atoms with van der Waals surface area (Å²) in [6.45, 7) is 11.0. The van der Waals surface area contributed by atoms with Gasteiger partial charge in [-0.05, 0) is 49.3 Å². The Balaban J connectivity index is 1.60. The molecule has 0 spiro atoms. The molecule has 4 heterocycles. The number of allylic oxidation sites excluding steroid dienone is 1. The highest BCUT2D eigenvalue weighted by Gasteiger charge is 2.30. The van der Waals surface area contributed by atoms with Crippen LogP contribution in [0.25, 0.3) is 10.2 Å². The van der Waals surface area contributed by atoms with Crippen molar-refractivity contribution in [1.29, 1.82) is 0 Å². The molecule has 30 heavy (non-hydrogen) atoms. The second kappa shape index (κ2) is 8.69. The maximum Gasteiger partial charge on any atom is 0.263 e. The zero-order chi connectivity index (χ0) is 21.4. The maximum atomic E-state index is 13.1. The smallest absolute Gasteiger partial charge is 0.263 e. The lowest BCUT2D eigenvalue weighted by atomic mass is 9.98. The number of carbonyl (C=O) groups is 1. The van der Waals surface area contributed by atoms with E-state index in [4.69, 9.17) is 4.98 Å². The molecule has 8 heteroatoms. The largest absolute Gasteiger partial charge is 0.335 e.